The second-order valence-electron chi connectivity index (χ2n) is 7.52. The molecule has 2 aliphatic rings. The standard InChI is InChI=1S/C20H25N3O3/c1-13(2)14-7-9-16(10-8-14)25-12-18(24)23-11-3-4-17(23)20-21-19(22-26-20)15-5-6-15/h7-10,13,15,17H,3-6,11-12H2,1-2H3. The summed E-state index contributed by atoms with van der Waals surface area (Å²) in [4.78, 5) is 19.0. The average molecular weight is 355 g/mol. The SMILES string of the molecule is CC(C)c1ccc(OCC(=O)N2CCCC2c2nc(C3CC3)no2)cc1. The number of hydrogen-bond donors (Lipinski definition) is 0. The Hall–Kier alpha value is -2.37. The van der Waals surface area contributed by atoms with Gasteiger partial charge in [0.2, 0.25) is 5.89 Å². The largest absolute Gasteiger partial charge is 0.484 e. The summed E-state index contributed by atoms with van der Waals surface area (Å²) in [5.74, 6) is 2.97. The van der Waals surface area contributed by atoms with E-state index >= 15 is 0 Å². The fourth-order valence-corrected chi connectivity index (χ4v) is 3.39. The molecule has 1 aliphatic carbocycles. The van der Waals surface area contributed by atoms with E-state index in [4.69, 9.17) is 9.26 Å². The van der Waals surface area contributed by atoms with E-state index in [0.717, 1.165) is 31.5 Å². The third kappa shape index (κ3) is 3.59. The molecule has 2 fully saturated rings. The number of rotatable bonds is 6. The molecule has 6 heteroatoms. The minimum atomic E-state index is -0.116. The van der Waals surface area contributed by atoms with Crippen molar-refractivity contribution in [1.82, 2.24) is 15.0 Å². The van der Waals surface area contributed by atoms with Crippen LogP contribution in [0.5, 0.6) is 5.75 Å². The van der Waals surface area contributed by atoms with E-state index in [1.54, 1.807) is 0 Å². The Bertz CT molecular complexity index is 765. The number of nitrogens with zero attached hydrogens (tertiary/aromatic N) is 3. The van der Waals surface area contributed by atoms with Crippen molar-refractivity contribution >= 4 is 5.91 Å². The van der Waals surface area contributed by atoms with E-state index in [1.165, 1.54) is 5.56 Å². The lowest BCUT2D eigenvalue weighted by molar-refractivity contribution is -0.134. The molecule has 138 valence electrons. The maximum atomic E-state index is 12.6. The van der Waals surface area contributed by atoms with Crippen molar-refractivity contribution in [2.24, 2.45) is 0 Å². The number of hydrogen-bond acceptors (Lipinski definition) is 5. The Morgan fingerprint density at radius 3 is 2.73 bits per heavy atom. The number of aromatic nitrogens is 2. The van der Waals surface area contributed by atoms with Crippen LogP contribution in [0.4, 0.5) is 0 Å². The highest BCUT2D eigenvalue weighted by molar-refractivity contribution is 5.78. The molecule has 6 nitrogen and oxygen atoms in total. The monoisotopic (exact) mass is 355 g/mol. The first-order chi connectivity index (χ1) is 12.6. The van der Waals surface area contributed by atoms with Gasteiger partial charge in [-0.15, -0.1) is 0 Å². The molecule has 1 aromatic heterocycles. The van der Waals surface area contributed by atoms with Gasteiger partial charge >= 0.3 is 0 Å². The van der Waals surface area contributed by atoms with Gasteiger partial charge in [0, 0.05) is 12.5 Å². The van der Waals surface area contributed by atoms with Gasteiger partial charge in [-0.05, 0) is 49.3 Å². The third-order valence-electron chi connectivity index (χ3n) is 5.17. The quantitative estimate of drug-likeness (QED) is 0.788. The fraction of sp³-hybridized carbons (Fsp3) is 0.550. The summed E-state index contributed by atoms with van der Waals surface area (Å²) in [6.45, 7) is 5.04. The Balaban J connectivity index is 1.36. The van der Waals surface area contributed by atoms with Gasteiger partial charge in [0.05, 0.1) is 0 Å². The van der Waals surface area contributed by atoms with Crippen LogP contribution in [0, 0.1) is 0 Å². The number of amides is 1. The zero-order valence-electron chi connectivity index (χ0n) is 15.4. The minimum Gasteiger partial charge on any atom is -0.484 e. The van der Waals surface area contributed by atoms with Crippen LogP contribution in [0.1, 0.15) is 74.7 Å². The first kappa shape index (κ1) is 17.1. The number of likely N-dealkylation sites (tertiary alicyclic amines) is 1. The van der Waals surface area contributed by atoms with E-state index in [-0.39, 0.29) is 18.6 Å². The molecule has 1 aliphatic heterocycles. The molecule has 1 amide bonds. The molecule has 2 heterocycles. The molecule has 0 spiro atoms. The summed E-state index contributed by atoms with van der Waals surface area (Å²) in [6.07, 6.45) is 4.08. The van der Waals surface area contributed by atoms with Crippen molar-refractivity contribution in [2.75, 3.05) is 13.2 Å². The second kappa shape index (κ2) is 7.09. The predicted molar refractivity (Wildman–Crippen MR) is 96.0 cm³/mol. The maximum absolute atomic E-state index is 12.6. The Morgan fingerprint density at radius 2 is 2.04 bits per heavy atom. The van der Waals surface area contributed by atoms with Crippen molar-refractivity contribution in [3.8, 4) is 5.75 Å². The van der Waals surface area contributed by atoms with Gasteiger partial charge in [-0.1, -0.05) is 31.1 Å². The van der Waals surface area contributed by atoms with Crippen LogP contribution in [0.3, 0.4) is 0 Å². The first-order valence-electron chi connectivity index (χ1n) is 9.47. The lowest BCUT2D eigenvalue weighted by Gasteiger charge is -2.22. The highest BCUT2D eigenvalue weighted by atomic mass is 16.5. The van der Waals surface area contributed by atoms with Gasteiger partial charge in [-0.3, -0.25) is 4.79 Å². The summed E-state index contributed by atoms with van der Waals surface area (Å²) in [5, 5.41) is 4.08. The summed E-state index contributed by atoms with van der Waals surface area (Å²) in [7, 11) is 0. The van der Waals surface area contributed by atoms with Crippen molar-refractivity contribution in [2.45, 2.75) is 57.4 Å². The molecular formula is C20H25N3O3. The maximum Gasteiger partial charge on any atom is 0.261 e. The molecule has 26 heavy (non-hydrogen) atoms. The number of carbonyl (C=O) groups is 1. The van der Waals surface area contributed by atoms with Gasteiger partial charge in [0.15, 0.2) is 12.4 Å². The summed E-state index contributed by atoms with van der Waals surface area (Å²) < 4.78 is 11.1. The van der Waals surface area contributed by atoms with Crippen LogP contribution in [0.25, 0.3) is 0 Å². The van der Waals surface area contributed by atoms with Crippen LogP contribution in [0.2, 0.25) is 0 Å². The number of benzene rings is 1. The molecule has 0 N–H and O–H groups in total. The molecular weight excluding hydrogens is 330 g/mol. The first-order valence-corrected chi connectivity index (χ1v) is 9.47. The molecule has 1 aromatic carbocycles. The second-order valence-corrected chi connectivity index (χ2v) is 7.52. The average Bonchev–Trinajstić information content (AvgIpc) is 3.18. The molecule has 1 atom stereocenters. The third-order valence-corrected chi connectivity index (χ3v) is 5.17. The zero-order chi connectivity index (χ0) is 18.1. The molecule has 0 radical (unpaired) electrons. The molecule has 1 saturated heterocycles. The highest BCUT2D eigenvalue weighted by Crippen LogP contribution is 2.39. The van der Waals surface area contributed by atoms with Crippen molar-refractivity contribution in [3.63, 3.8) is 0 Å². The lowest BCUT2D eigenvalue weighted by Crippen LogP contribution is -2.34. The summed E-state index contributed by atoms with van der Waals surface area (Å²) >= 11 is 0. The van der Waals surface area contributed by atoms with Gasteiger partial charge in [0.25, 0.3) is 5.91 Å². The predicted octanol–water partition coefficient (Wildman–Crippen LogP) is 3.81. The van der Waals surface area contributed by atoms with Crippen LogP contribution in [-0.2, 0) is 4.79 Å². The van der Waals surface area contributed by atoms with Crippen molar-refractivity contribution in [1.29, 1.82) is 0 Å². The Labute approximate surface area is 153 Å². The van der Waals surface area contributed by atoms with E-state index in [2.05, 4.69) is 24.0 Å². The van der Waals surface area contributed by atoms with Gasteiger partial charge in [0.1, 0.15) is 11.8 Å². The van der Waals surface area contributed by atoms with Crippen LogP contribution in [0.15, 0.2) is 28.8 Å². The minimum absolute atomic E-state index is 0.0289. The lowest BCUT2D eigenvalue weighted by atomic mass is 10.0. The topological polar surface area (TPSA) is 68.5 Å². The smallest absolute Gasteiger partial charge is 0.261 e. The van der Waals surface area contributed by atoms with Gasteiger partial charge in [-0.2, -0.15) is 4.98 Å². The molecule has 1 unspecified atom stereocenters. The molecule has 2 aromatic rings. The van der Waals surface area contributed by atoms with Crippen molar-refractivity contribution < 1.29 is 14.1 Å². The Kier molecular flexibility index (Phi) is 4.66. The van der Waals surface area contributed by atoms with E-state index in [0.29, 0.717) is 30.0 Å². The molecule has 0 bridgehead atoms. The normalized spacial score (nSPS) is 20.0. The molecule has 1 saturated carbocycles. The summed E-state index contributed by atoms with van der Waals surface area (Å²) in [5.41, 5.74) is 1.26. The Morgan fingerprint density at radius 1 is 1.27 bits per heavy atom. The van der Waals surface area contributed by atoms with E-state index < -0.39 is 0 Å². The van der Waals surface area contributed by atoms with E-state index in [1.807, 2.05) is 29.2 Å². The fourth-order valence-electron chi connectivity index (χ4n) is 3.39. The zero-order valence-corrected chi connectivity index (χ0v) is 15.4. The van der Waals surface area contributed by atoms with E-state index in [9.17, 15) is 4.79 Å². The van der Waals surface area contributed by atoms with Gasteiger partial charge in [-0.25, -0.2) is 0 Å². The van der Waals surface area contributed by atoms with Crippen LogP contribution < -0.4 is 4.74 Å². The number of ether oxygens (including phenoxy) is 1. The van der Waals surface area contributed by atoms with Crippen molar-refractivity contribution in [3.05, 3.63) is 41.5 Å². The van der Waals surface area contributed by atoms with Crippen LogP contribution >= 0.6 is 0 Å². The van der Waals surface area contributed by atoms with Gasteiger partial charge < -0.3 is 14.2 Å². The number of carbonyl (C=O) groups excluding carboxylic acids is 1. The highest BCUT2D eigenvalue weighted by Gasteiger charge is 2.36. The van der Waals surface area contributed by atoms with Crippen LogP contribution in [-0.4, -0.2) is 34.1 Å². The summed E-state index contributed by atoms with van der Waals surface area (Å²) in [6, 6.07) is 7.81. The molecule has 4 rings (SSSR count).